The molecule has 0 aliphatic heterocycles. The van der Waals surface area contributed by atoms with Crippen molar-refractivity contribution in [3.8, 4) is 0 Å². The van der Waals surface area contributed by atoms with Crippen molar-refractivity contribution in [2.75, 3.05) is 19.8 Å². The highest BCUT2D eigenvalue weighted by atomic mass is 19.4. The molecule has 7 heteroatoms. The van der Waals surface area contributed by atoms with E-state index in [4.69, 9.17) is 5.73 Å². The normalized spacial score (nSPS) is 27.7. The van der Waals surface area contributed by atoms with E-state index in [1.165, 1.54) is 0 Å². The lowest BCUT2D eigenvalue weighted by Crippen LogP contribution is -2.58. The molecule has 0 radical (unpaired) electrons. The molecular formula is C12H21F3N2O2. The molecule has 1 amide bonds. The predicted molar refractivity (Wildman–Crippen MR) is 64.4 cm³/mol. The number of ether oxygens (including phenoxy) is 1. The Morgan fingerprint density at radius 1 is 1.53 bits per heavy atom. The summed E-state index contributed by atoms with van der Waals surface area (Å²) in [6.07, 6.45) is -1.63. The van der Waals surface area contributed by atoms with Gasteiger partial charge in [-0.15, -0.1) is 0 Å². The quantitative estimate of drug-likeness (QED) is 0.697. The monoisotopic (exact) mass is 282 g/mol. The van der Waals surface area contributed by atoms with E-state index in [0.29, 0.717) is 19.4 Å². The second kappa shape index (κ2) is 6.56. The van der Waals surface area contributed by atoms with Gasteiger partial charge in [0.25, 0.3) is 0 Å². The Kier molecular flexibility index (Phi) is 5.61. The van der Waals surface area contributed by atoms with E-state index in [2.05, 4.69) is 10.1 Å². The molecule has 0 spiro atoms. The number of alkyl halides is 3. The van der Waals surface area contributed by atoms with Gasteiger partial charge in [0.1, 0.15) is 12.1 Å². The van der Waals surface area contributed by atoms with Gasteiger partial charge in [0, 0.05) is 6.61 Å². The Bertz CT molecular complexity index is 310. The van der Waals surface area contributed by atoms with Crippen molar-refractivity contribution in [1.82, 2.24) is 5.32 Å². The Balaban J connectivity index is 2.49. The zero-order valence-corrected chi connectivity index (χ0v) is 11.1. The van der Waals surface area contributed by atoms with Gasteiger partial charge in [0.15, 0.2) is 0 Å². The van der Waals surface area contributed by atoms with Crippen LogP contribution in [-0.4, -0.2) is 37.4 Å². The van der Waals surface area contributed by atoms with Crippen LogP contribution in [0.3, 0.4) is 0 Å². The molecule has 0 saturated heterocycles. The Hall–Kier alpha value is -0.820. The molecule has 4 nitrogen and oxygen atoms in total. The number of hydrogen-bond donors (Lipinski definition) is 2. The molecular weight excluding hydrogens is 261 g/mol. The number of carbonyl (C=O) groups is 1. The number of rotatable bonds is 7. The summed E-state index contributed by atoms with van der Waals surface area (Å²) in [5.74, 6) is -0.481. The van der Waals surface area contributed by atoms with Gasteiger partial charge < -0.3 is 15.8 Å². The van der Waals surface area contributed by atoms with E-state index in [1.807, 2.05) is 6.92 Å². The predicted octanol–water partition coefficient (Wildman–Crippen LogP) is 1.59. The van der Waals surface area contributed by atoms with Crippen LogP contribution in [0.4, 0.5) is 13.2 Å². The lowest BCUT2D eigenvalue weighted by molar-refractivity contribution is -0.175. The van der Waals surface area contributed by atoms with Crippen LogP contribution in [0, 0.1) is 5.92 Å². The smallest absolute Gasteiger partial charge is 0.372 e. The first-order valence-electron chi connectivity index (χ1n) is 6.51. The third-order valence-electron chi connectivity index (χ3n) is 3.63. The van der Waals surface area contributed by atoms with E-state index < -0.39 is 24.2 Å². The molecule has 0 aromatic rings. The van der Waals surface area contributed by atoms with Gasteiger partial charge >= 0.3 is 6.18 Å². The van der Waals surface area contributed by atoms with Gasteiger partial charge in [-0.3, -0.25) is 4.79 Å². The number of primary amides is 1. The van der Waals surface area contributed by atoms with Crippen LogP contribution in [0.1, 0.15) is 32.6 Å². The lowest BCUT2D eigenvalue weighted by Gasteiger charge is -2.33. The van der Waals surface area contributed by atoms with Crippen molar-refractivity contribution in [3.63, 3.8) is 0 Å². The summed E-state index contributed by atoms with van der Waals surface area (Å²) in [6, 6.07) is 0. The number of hydrogen-bond acceptors (Lipinski definition) is 3. The maximum Gasteiger partial charge on any atom is 0.411 e. The molecule has 0 bridgehead atoms. The number of likely N-dealkylation sites (N-methyl/N-ethyl adjacent to an activating group) is 1. The maximum absolute atomic E-state index is 11.9. The third kappa shape index (κ3) is 4.35. The summed E-state index contributed by atoms with van der Waals surface area (Å²) in [5, 5.41) is 3.11. The van der Waals surface area contributed by atoms with Crippen molar-refractivity contribution >= 4 is 5.91 Å². The van der Waals surface area contributed by atoms with Crippen LogP contribution in [0.5, 0.6) is 0 Å². The Labute approximate surface area is 110 Å². The average Bonchev–Trinajstić information content (AvgIpc) is 2.68. The maximum atomic E-state index is 11.9. The van der Waals surface area contributed by atoms with E-state index in [0.717, 1.165) is 12.8 Å². The number of nitrogens with one attached hydrogen (secondary N) is 1. The van der Waals surface area contributed by atoms with Crippen molar-refractivity contribution in [2.24, 2.45) is 11.7 Å². The summed E-state index contributed by atoms with van der Waals surface area (Å²) in [4.78, 5) is 11.7. The fourth-order valence-corrected chi connectivity index (χ4v) is 2.84. The molecule has 0 aromatic heterocycles. The third-order valence-corrected chi connectivity index (χ3v) is 3.63. The van der Waals surface area contributed by atoms with E-state index in [1.54, 1.807) is 0 Å². The van der Waals surface area contributed by atoms with E-state index in [9.17, 15) is 18.0 Å². The van der Waals surface area contributed by atoms with E-state index >= 15 is 0 Å². The molecule has 19 heavy (non-hydrogen) atoms. The number of nitrogens with two attached hydrogens (primary N) is 1. The summed E-state index contributed by atoms with van der Waals surface area (Å²) in [6.45, 7) is 1.22. The molecule has 2 unspecified atom stereocenters. The van der Waals surface area contributed by atoms with Crippen LogP contribution < -0.4 is 11.1 Å². The standard InChI is InChI=1S/C12H21F3N2O2/c1-2-17-11(10(16)18)6-3-4-9(11)5-7-19-8-12(13,14)15/h9,17H,2-8H2,1H3,(H2,16,18). The number of carbonyl (C=O) groups excluding carboxylic acids is 1. The highest BCUT2D eigenvalue weighted by Gasteiger charge is 2.46. The van der Waals surface area contributed by atoms with Gasteiger partial charge in [0.2, 0.25) is 5.91 Å². The van der Waals surface area contributed by atoms with Crippen LogP contribution in [0.25, 0.3) is 0 Å². The molecule has 3 N–H and O–H groups in total. The van der Waals surface area contributed by atoms with Crippen LogP contribution >= 0.6 is 0 Å². The van der Waals surface area contributed by atoms with Gasteiger partial charge in [0.05, 0.1) is 0 Å². The van der Waals surface area contributed by atoms with Crippen LogP contribution in [0.2, 0.25) is 0 Å². The first-order valence-corrected chi connectivity index (χ1v) is 6.51. The summed E-state index contributed by atoms with van der Waals surface area (Å²) < 4.78 is 40.4. The molecule has 0 heterocycles. The van der Waals surface area contributed by atoms with Crippen molar-refractivity contribution in [3.05, 3.63) is 0 Å². The molecule has 1 rings (SSSR count). The molecule has 112 valence electrons. The molecule has 2 atom stereocenters. The van der Waals surface area contributed by atoms with Crippen molar-refractivity contribution in [2.45, 2.75) is 44.3 Å². The molecule has 0 aromatic carbocycles. The summed E-state index contributed by atoms with van der Waals surface area (Å²) in [5.41, 5.74) is 4.68. The molecule has 1 saturated carbocycles. The first kappa shape index (κ1) is 16.2. The van der Waals surface area contributed by atoms with Gasteiger partial charge in [-0.2, -0.15) is 13.2 Å². The largest absolute Gasteiger partial charge is 0.411 e. The van der Waals surface area contributed by atoms with E-state index in [-0.39, 0.29) is 12.5 Å². The fourth-order valence-electron chi connectivity index (χ4n) is 2.84. The molecule has 1 fully saturated rings. The molecule has 1 aliphatic rings. The average molecular weight is 282 g/mol. The van der Waals surface area contributed by atoms with Crippen LogP contribution in [-0.2, 0) is 9.53 Å². The van der Waals surface area contributed by atoms with Crippen molar-refractivity contribution < 1.29 is 22.7 Å². The van der Waals surface area contributed by atoms with Crippen LogP contribution in [0.15, 0.2) is 0 Å². The highest BCUT2D eigenvalue weighted by Crippen LogP contribution is 2.37. The minimum absolute atomic E-state index is 0.00932. The van der Waals surface area contributed by atoms with Gasteiger partial charge in [-0.05, 0) is 31.7 Å². The first-order chi connectivity index (χ1) is 8.82. The number of halogens is 3. The minimum Gasteiger partial charge on any atom is -0.372 e. The van der Waals surface area contributed by atoms with Gasteiger partial charge in [-0.25, -0.2) is 0 Å². The van der Waals surface area contributed by atoms with Gasteiger partial charge in [-0.1, -0.05) is 13.3 Å². The summed E-state index contributed by atoms with van der Waals surface area (Å²) >= 11 is 0. The topological polar surface area (TPSA) is 64.3 Å². The Morgan fingerprint density at radius 2 is 2.21 bits per heavy atom. The zero-order valence-electron chi connectivity index (χ0n) is 11.1. The second-order valence-corrected chi connectivity index (χ2v) is 4.91. The molecule has 1 aliphatic carbocycles. The minimum atomic E-state index is -4.31. The zero-order chi connectivity index (χ0) is 14.5. The fraction of sp³-hybridized carbons (Fsp3) is 0.917. The second-order valence-electron chi connectivity index (χ2n) is 4.91. The van der Waals surface area contributed by atoms with Crippen molar-refractivity contribution in [1.29, 1.82) is 0 Å². The summed E-state index contributed by atoms with van der Waals surface area (Å²) in [7, 11) is 0. The number of amides is 1. The Morgan fingerprint density at radius 3 is 2.74 bits per heavy atom. The highest BCUT2D eigenvalue weighted by molar-refractivity contribution is 5.85. The lowest BCUT2D eigenvalue weighted by atomic mass is 9.84. The SMILES string of the molecule is CCNC1(C(N)=O)CCCC1CCOCC(F)(F)F.